The molecule has 0 radical (unpaired) electrons. The van der Waals surface area contributed by atoms with Crippen LogP contribution in [0.2, 0.25) is 0 Å². The smallest absolute Gasteiger partial charge is 0.224 e. The Morgan fingerprint density at radius 1 is 1.40 bits per heavy atom. The number of hydrogen-bond donors (Lipinski definition) is 2. The molecule has 6 heteroatoms. The van der Waals surface area contributed by atoms with Crippen LogP contribution in [0.25, 0.3) is 11.0 Å². The molecule has 0 aromatic carbocycles. The van der Waals surface area contributed by atoms with Gasteiger partial charge in [0, 0.05) is 17.8 Å². The summed E-state index contributed by atoms with van der Waals surface area (Å²) < 4.78 is 1.86. The second-order valence-corrected chi connectivity index (χ2v) is 5.41. The van der Waals surface area contributed by atoms with E-state index in [0.717, 1.165) is 11.0 Å². The lowest BCUT2D eigenvalue weighted by Crippen LogP contribution is -2.20. The van der Waals surface area contributed by atoms with E-state index in [9.17, 15) is 4.79 Å². The number of nitrogens with one attached hydrogen (secondary N) is 1. The summed E-state index contributed by atoms with van der Waals surface area (Å²) in [4.78, 5) is 16.2. The Morgan fingerprint density at radius 2 is 2.15 bits per heavy atom. The minimum absolute atomic E-state index is 0.0413. The molecule has 0 aliphatic heterocycles. The van der Waals surface area contributed by atoms with Gasteiger partial charge < -0.3 is 11.1 Å². The molecule has 0 bridgehead atoms. The van der Waals surface area contributed by atoms with Gasteiger partial charge in [0.15, 0.2) is 5.65 Å². The third-order valence-electron chi connectivity index (χ3n) is 3.14. The first-order valence-electron chi connectivity index (χ1n) is 6.84. The van der Waals surface area contributed by atoms with E-state index in [1.807, 2.05) is 17.7 Å². The van der Waals surface area contributed by atoms with Crippen molar-refractivity contribution in [2.45, 2.75) is 33.2 Å². The summed E-state index contributed by atoms with van der Waals surface area (Å²) in [5.41, 5.74) is 7.03. The molecule has 0 saturated carbocycles. The fourth-order valence-corrected chi connectivity index (χ4v) is 2.00. The molecule has 2 aromatic rings. The number of fused-ring (bicyclic) bond motifs is 1. The van der Waals surface area contributed by atoms with E-state index in [1.165, 1.54) is 0 Å². The summed E-state index contributed by atoms with van der Waals surface area (Å²) in [6, 6.07) is 2.14. The van der Waals surface area contributed by atoms with Crippen molar-refractivity contribution in [2.75, 3.05) is 11.9 Å². The molecule has 0 spiro atoms. The van der Waals surface area contributed by atoms with Crippen molar-refractivity contribution in [3.05, 3.63) is 18.5 Å². The van der Waals surface area contributed by atoms with Gasteiger partial charge in [0.05, 0.1) is 18.1 Å². The van der Waals surface area contributed by atoms with E-state index in [0.29, 0.717) is 18.7 Å². The number of aromatic nitrogens is 3. The highest BCUT2D eigenvalue weighted by Crippen LogP contribution is 2.19. The first kappa shape index (κ1) is 14.5. The first-order chi connectivity index (χ1) is 9.51. The number of hydrogen-bond acceptors (Lipinski definition) is 4. The van der Waals surface area contributed by atoms with E-state index in [-0.39, 0.29) is 17.9 Å². The minimum atomic E-state index is -0.0413. The SMILES string of the molecule is CC(CN)CC(=O)Nc1cnc2c(cnn2C(C)C)c1. The van der Waals surface area contributed by atoms with Gasteiger partial charge in [0.2, 0.25) is 5.91 Å². The molecule has 108 valence electrons. The summed E-state index contributed by atoms with van der Waals surface area (Å²) in [6.45, 7) is 6.57. The lowest BCUT2D eigenvalue weighted by molar-refractivity contribution is -0.116. The van der Waals surface area contributed by atoms with Crippen molar-refractivity contribution >= 4 is 22.6 Å². The third kappa shape index (κ3) is 3.14. The highest BCUT2D eigenvalue weighted by molar-refractivity contribution is 5.92. The normalized spacial score (nSPS) is 12.8. The lowest BCUT2D eigenvalue weighted by atomic mass is 10.1. The number of carbonyl (C=O) groups excluding carboxylic acids is 1. The topological polar surface area (TPSA) is 85.8 Å². The Labute approximate surface area is 118 Å². The zero-order valence-electron chi connectivity index (χ0n) is 12.1. The van der Waals surface area contributed by atoms with Crippen LogP contribution in [-0.4, -0.2) is 27.2 Å². The van der Waals surface area contributed by atoms with Crippen LogP contribution in [0.4, 0.5) is 5.69 Å². The van der Waals surface area contributed by atoms with Gasteiger partial charge >= 0.3 is 0 Å². The monoisotopic (exact) mass is 275 g/mol. The molecule has 2 aromatic heterocycles. The largest absolute Gasteiger partial charge is 0.330 e. The van der Waals surface area contributed by atoms with Crippen LogP contribution < -0.4 is 11.1 Å². The predicted octanol–water partition coefficient (Wildman–Crippen LogP) is 1.94. The number of amides is 1. The Balaban J connectivity index is 2.14. The summed E-state index contributed by atoms with van der Waals surface area (Å²) in [5, 5.41) is 8.07. The van der Waals surface area contributed by atoms with Crippen LogP contribution in [0.15, 0.2) is 18.5 Å². The van der Waals surface area contributed by atoms with Gasteiger partial charge in [-0.15, -0.1) is 0 Å². The molecule has 3 N–H and O–H groups in total. The zero-order valence-corrected chi connectivity index (χ0v) is 12.1. The van der Waals surface area contributed by atoms with Gasteiger partial charge in [-0.05, 0) is 32.4 Å². The molecule has 1 atom stereocenters. The number of pyridine rings is 1. The van der Waals surface area contributed by atoms with E-state index < -0.39 is 0 Å². The van der Waals surface area contributed by atoms with Crippen LogP contribution in [0, 0.1) is 5.92 Å². The van der Waals surface area contributed by atoms with Crippen LogP contribution in [-0.2, 0) is 4.79 Å². The molecule has 6 nitrogen and oxygen atoms in total. The van der Waals surface area contributed by atoms with Crippen LogP contribution in [0.3, 0.4) is 0 Å². The number of nitrogens with zero attached hydrogens (tertiary/aromatic N) is 3. The maximum atomic E-state index is 11.8. The highest BCUT2D eigenvalue weighted by atomic mass is 16.1. The average molecular weight is 275 g/mol. The Hall–Kier alpha value is -1.95. The van der Waals surface area contributed by atoms with Gasteiger partial charge in [-0.25, -0.2) is 9.67 Å². The molecule has 2 rings (SSSR count). The summed E-state index contributed by atoms with van der Waals surface area (Å²) in [5.74, 6) is 0.135. The second kappa shape index (κ2) is 6.00. The highest BCUT2D eigenvalue weighted by Gasteiger charge is 2.11. The van der Waals surface area contributed by atoms with E-state index in [1.54, 1.807) is 12.4 Å². The van der Waals surface area contributed by atoms with Crippen molar-refractivity contribution in [1.29, 1.82) is 0 Å². The van der Waals surface area contributed by atoms with Crippen molar-refractivity contribution in [3.63, 3.8) is 0 Å². The molecule has 0 aliphatic carbocycles. The summed E-state index contributed by atoms with van der Waals surface area (Å²) in [7, 11) is 0. The standard InChI is InChI=1S/C14H21N5O/c1-9(2)19-14-11(7-17-19)5-12(8-16-14)18-13(20)4-10(3)6-15/h5,7-10H,4,6,15H2,1-3H3,(H,18,20). The van der Waals surface area contributed by atoms with Crippen molar-refractivity contribution < 1.29 is 4.79 Å². The van der Waals surface area contributed by atoms with E-state index in [4.69, 9.17) is 5.73 Å². The number of carbonyl (C=O) groups is 1. The molecule has 1 unspecified atom stereocenters. The van der Waals surface area contributed by atoms with Crippen molar-refractivity contribution in [3.8, 4) is 0 Å². The quantitative estimate of drug-likeness (QED) is 0.873. The predicted molar refractivity (Wildman–Crippen MR) is 79.4 cm³/mol. The molecular formula is C14H21N5O. The van der Waals surface area contributed by atoms with Gasteiger partial charge in [-0.3, -0.25) is 4.79 Å². The Kier molecular flexibility index (Phi) is 4.34. The molecule has 0 fully saturated rings. The fourth-order valence-electron chi connectivity index (χ4n) is 2.00. The maximum absolute atomic E-state index is 11.8. The zero-order chi connectivity index (χ0) is 14.7. The van der Waals surface area contributed by atoms with Crippen LogP contribution in [0.5, 0.6) is 0 Å². The molecule has 20 heavy (non-hydrogen) atoms. The molecule has 1 amide bonds. The van der Waals surface area contributed by atoms with Crippen LogP contribution >= 0.6 is 0 Å². The fraction of sp³-hybridized carbons (Fsp3) is 0.500. The molecule has 0 saturated heterocycles. The molecule has 0 aliphatic rings. The molecule has 2 heterocycles. The van der Waals surface area contributed by atoms with Gasteiger partial charge in [0.25, 0.3) is 0 Å². The van der Waals surface area contributed by atoms with E-state index >= 15 is 0 Å². The summed E-state index contributed by atoms with van der Waals surface area (Å²) >= 11 is 0. The molecular weight excluding hydrogens is 254 g/mol. The third-order valence-corrected chi connectivity index (χ3v) is 3.14. The average Bonchev–Trinajstić information content (AvgIpc) is 2.81. The van der Waals surface area contributed by atoms with E-state index in [2.05, 4.69) is 29.2 Å². The van der Waals surface area contributed by atoms with Gasteiger partial charge in [0.1, 0.15) is 0 Å². The summed E-state index contributed by atoms with van der Waals surface area (Å²) in [6.07, 6.45) is 3.84. The second-order valence-electron chi connectivity index (χ2n) is 5.41. The van der Waals surface area contributed by atoms with Crippen LogP contribution in [0.1, 0.15) is 33.2 Å². The number of rotatable bonds is 5. The van der Waals surface area contributed by atoms with Crippen molar-refractivity contribution in [1.82, 2.24) is 14.8 Å². The number of nitrogens with two attached hydrogens (primary N) is 1. The maximum Gasteiger partial charge on any atom is 0.224 e. The Bertz CT molecular complexity index is 605. The minimum Gasteiger partial charge on any atom is -0.330 e. The first-order valence-corrected chi connectivity index (χ1v) is 6.84. The lowest BCUT2D eigenvalue weighted by Gasteiger charge is -2.09. The number of anilines is 1. The van der Waals surface area contributed by atoms with Gasteiger partial charge in [-0.2, -0.15) is 5.10 Å². The Morgan fingerprint density at radius 3 is 2.80 bits per heavy atom. The van der Waals surface area contributed by atoms with Gasteiger partial charge in [-0.1, -0.05) is 6.92 Å². The van der Waals surface area contributed by atoms with Crippen molar-refractivity contribution in [2.24, 2.45) is 11.7 Å².